The van der Waals surface area contributed by atoms with Gasteiger partial charge < -0.3 is 9.84 Å². The maximum absolute atomic E-state index is 13.7. The predicted octanol–water partition coefficient (Wildman–Crippen LogP) is 3.96. The third-order valence-corrected chi connectivity index (χ3v) is 3.94. The summed E-state index contributed by atoms with van der Waals surface area (Å²) in [7, 11) is 0. The van der Waals surface area contributed by atoms with E-state index >= 15 is 0 Å². The molecule has 2 aromatic carbocycles. The second-order valence-corrected chi connectivity index (χ2v) is 5.97. The van der Waals surface area contributed by atoms with E-state index in [-0.39, 0.29) is 36.0 Å². The highest BCUT2D eigenvalue weighted by Gasteiger charge is 2.16. The third kappa shape index (κ3) is 4.72. The molecule has 1 amide bonds. The van der Waals surface area contributed by atoms with Gasteiger partial charge in [-0.15, -0.1) is 0 Å². The molecular weight excluding hydrogens is 359 g/mol. The summed E-state index contributed by atoms with van der Waals surface area (Å²) in [4.78, 5) is 16.2. The van der Waals surface area contributed by atoms with E-state index in [1.54, 1.807) is 6.92 Å². The fourth-order valence-corrected chi connectivity index (χ4v) is 2.54. The van der Waals surface area contributed by atoms with Crippen LogP contribution in [0.1, 0.15) is 30.8 Å². The topological polar surface area (TPSA) is 68.0 Å². The highest BCUT2D eigenvalue weighted by Crippen LogP contribution is 2.19. The number of aromatic nitrogens is 2. The van der Waals surface area contributed by atoms with Gasteiger partial charge in [-0.2, -0.15) is 4.98 Å². The zero-order valence-electron chi connectivity index (χ0n) is 14.4. The average molecular weight is 375 g/mol. The molecule has 3 aromatic rings. The fourth-order valence-electron chi connectivity index (χ4n) is 2.54. The SMILES string of the molecule is C[C@H](NC(=O)CCc1nc(-c2ccc(F)cc2)no1)c1ccc(F)cc1F. The van der Waals surface area contributed by atoms with Gasteiger partial charge in [0.1, 0.15) is 17.5 Å². The molecule has 0 unspecified atom stereocenters. The zero-order valence-corrected chi connectivity index (χ0v) is 14.4. The lowest BCUT2D eigenvalue weighted by Crippen LogP contribution is -2.27. The van der Waals surface area contributed by atoms with Gasteiger partial charge in [-0.3, -0.25) is 4.79 Å². The molecule has 0 radical (unpaired) electrons. The predicted molar refractivity (Wildman–Crippen MR) is 90.9 cm³/mol. The van der Waals surface area contributed by atoms with E-state index in [1.165, 1.54) is 30.3 Å². The second-order valence-electron chi connectivity index (χ2n) is 5.97. The normalized spacial score (nSPS) is 12.0. The van der Waals surface area contributed by atoms with Gasteiger partial charge in [-0.05, 0) is 37.3 Å². The van der Waals surface area contributed by atoms with Gasteiger partial charge in [-0.1, -0.05) is 11.2 Å². The Hall–Kier alpha value is -3.16. The van der Waals surface area contributed by atoms with Crippen LogP contribution in [-0.2, 0) is 11.2 Å². The molecule has 1 aromatic heterocycles. The summed E-state index contributed by atoms with van der Waals surface area (Å²) in [6, 6.07) is 8.21. The van der Waals surface area contributed by atoms with Crippen LogP contribution in [0.25, 0.3) is 11.4 Å². The first-order chi connectivity index (χ1) is 12.9. The van der Waals surface area contributed by atoms with Crippen molar-refractivity contribution in [2.75, 3.05) is 0 Å². The number of amides is 1. The Balaban J connectivity index is 1.55. The van der Waals surface area contributed by atoms with Crippen LogP contribution in [0.5, 0.6) is 0 Å². The fraction of sp³-hybridized carbons (Fsp3) is 0.211. The van der Waals surface area contributed by atoms with Gasteiger partial charge in [0, 0.05) is 30.0 Å². The first kappa shape index (κ1) is 18.6. The number of carbonyl (C=O) groups excluding carboxylic acids is 1. The number of hydrogen-bond donors (Lipinski definition) is 1. The first-order valence-corrected chi connectivity index (χ1v) is 8.25. The van der Waals surface area contributed by atoms with Crippen molar-refractivity contribution in [1.82, 2.24) is 15.5 Å². The van der Waals surface area contributed by atoms with Crippen molar-refractivity contribution in [3.63, 3.8) is 0 Å². The number of halogens is 3. The van der Waals surface area contributed by atoms with Gasteiger partial charge in [0.2, 0.25) is 17.6 Å². The molecule has 1 N–H and O–H groups in total. The smallest absolute Gasteiger partial charge is 0.227 e. The van der Waals surface area contributed by atoms with Crippen molar-refractivity contribution in [2.24, 2.45) is 0 Å². The Morgan fingerprint density at radius 3 is 2.52 bits per heavy atom. The molecule has 3 rings (SSSR count). The van der Waals surface area contributed by atoms with E-state index in [9.17, 15) is 18.0 Å². The van der Waals surface area contributed by atoms with Crippen LogP contribution in [0.2, 0.25) is 0 Å². The van der Waals surface area contributed by atoms with Crippen LogP contribution in [0.15, 0.2) is 47.0 Å². The molecule has 27 heavy (non-hydrogen) atoms. The van der Waals surface area contributed by atoms with E-state index in [2.05, 4.69) is 15.5 Å². The van der Waals surface area contributed by atoms with Crippen LogP contribution < -0.4 is 5.32 Å². The zero-order chi connectivity index (χ0) is 19.4. The van der Waals surface area contributed by atoms with E-state index in [4.69, 9.17) is 4.52 Å². The number of aryl methyl sites for hydroxylation is 1. The monoisotopic (exact) mass is 375 g/mol. The van der Waals surface area contributed by atoms with Crippen molar-refractivity contribution in [2.45, 2.75) is 25.8 Å². The molecule has 8 heteroatoms. The van der Waals surface area contributed by atoms with Crippen molar-refractivity contribution in [3.05, 3.63) is 71.4 Å². The lowest BCUT2D eigenvalue weighted by atomic mass is 10.1. The minimum atomic E-state index is -0.719. The Kier molecular flexibility index (Phi) is 5.54. The van der Waals surface area contributed by atoms with Crippen molar-refractivity contribution in [1.29, 1.82) is 0 Å². The highest BCUT2D eigenvalue weighted by molar-refractivity contribution is 5.76. The standard InChI is InChI=1S/C19H16F3N3O2/c1-11(15-7-6-14(21)10-16(15)22)23-17(26)8-9-18-24-19(25-27-18)12-2-4-13(20)5-3-12/h2-7,10-11H,8-9H2,1H3,(H,23,26)/t11-/m0/s1. The van der Waals surface area contributed by atoms with Crippen LogP contribution >= 0.6 is 0 Å². The number of hydrogen-bond acceptors (Lipinski definition) is 4. The molecule has 0 fully saturated rings. The molecule has 0 saturated carbocycles. The molecule has 0 aliphatic carbocycles. The van der Waals surface area contributed by atoms with Gasteiger partial charge in [0.15, 0.2) is 0 Å². The molecule has 1 heterocycles. The maximum atomic E-state index is 13.7. The van der Waals surface area contributed by atoms with Crippen LogP contribution in [0, 0.1) is 17.5 Å². The second kappa shape index (κ2) is 8.03. The van der Waals surface area contributed by atoms with E-state index in [1.807, 2.05) is 0 Å². The summed E-state index contributed by atoms with van der Waals surface area (Å²) in [5.41, 5.74) is 0.789. The summed E-state index contributed by atoms with van der Waals surface area (Å²) in [6.45, 7) is 1.60. The Morgan fingerprint density at radius 1 is 1.11 bits per heavy atom. The van der Waals surface area contributed by atoms with Crippen LogP contribution in [0.4, 0.5) is 13.2 Å². The van der Waals surface area contributed by atoms with E-state index < -0.39 is 17.7 Å². The first-order valence-electron chi connectivity index (χ1n) is 8.25. The summed E-state index contributed by atoms with van der Waals surface area (Å²) >= 11 is 0. The van der Waals surface area contributed by atoms with Crippen molar-refractivity contribution in [3.8, 4) is 11.4 Å². The summed E-state index contributed by atoms with van der Waals surface area (Å²) in [5.74, 6) is -1.55. The van der Waals surface area contributed by atoms with Crippen LogP contribution in [0.3, 0.4) is 0 Å². The maximum Gasteiger partial charge on any atom is 0.227 e. The Bertz CT molecular complexity index is 942. The summed E-state index contributed by atoms with van der Waals surface area (Å²) in [5, 5.41) is 6.44. The van der Waals surface area contributed by atoms with Crippen molar-refractivity contribution < 1.29 is 22.5 Å². The highest BCUT2D eigenvalue weighted by atomic mass is 19.1. The van der Waals surface area contributed by atoms with Crippen LogP contribution in [-0.4, -0.2) is 16.0 Å². The number of carbonyl (C=O) groups is 1. The van der Waals surface area contributed by atoms with Gasteiger partial charge in [-0.25, -0.2) is 13.2 Å². The largest absolute Gasteiger partial charge is 0.349 e. The average Bonchev–Trinajstić information content (AvgIpc) is 3.09. The number of benzene rings is 2. The molecule has 140 valence electrons. The molecule has 0 saturated heterocycles. The van der Waals surface area contributed by atoms with Gasteiger partial charge in [0.25, 0.3) is 0 Å². The third-order valence-electron chi connectivity index (χ3n) is 3.94. The van der Waals surface area contributed by atoms with E-state index in [0.29, 0.717) is 11.4 Å². The molecule has 1 atom stereocenters. The summed E-state index contributed by atoms with van der Waals surface area (Å²) in [6.07, 6.45) is 0.247. The molecule has 0 aliphatic heterocycles. The minimum Gasteiger partial charge on any atom is -0.349 e. The Morgan fingerprint density at radius 2 is 1.81 bits per heavy atom. The number of rotatable bonds is 6. The number of nitrogens with zero attached hydrogens (tertiary/aromatic N) is 2. The molecule has 0 spiro atoms. The molecule has 5 nitrogen and oxygen atoms in total. The quantitative estimate of drug-likeness (QED) is 0.708. The molecule has 0 aliphatic rings. The lowest BCUT2D eigenvalue weighted by molar-refractivity contribution is -0.121. The van der Waals surface area contributed by atoms with Gasteiger partial charge >= 0.3 is 0 Å². The van der Waals surface area contributed by atoms with E-state index in [0.717, 1.165) is 12.1 Å². The summed E-state index contributed by atoms with van der Waals surface area (Å²) < 4.78 is 44.7. The molecular formula is C19H16F3N3O2. The van der Waals surface area contributed by atoms with Gasteiger partial charge in [0.05, 0.1) is 6.04 Å². The Labute approximate surface area is 153 Å². The van der Waals surface area contributed by atoms with Crippen molar-refractivity contribution >= 4 is 5.91 Å². The minimum absolute atomic E-state index is 0.0538. The number of nitrogens with one attached hydrogen (secondary N) is 1. The lowest BCUT2D eigenvalue weighted by Gasteiger charge is -2.14. The molecule has 0 bridgehead atoms.